The highest BCUT2D eigenvalue weighted by Gasteiger charge is 2.20. The fourth-order valence-electron chi connectivity index (χ4n) is 2.00. The largest absolute Gasteiger partial charge is 0.327 e. The van der Waals surface area contributed by atoms with Gasteiger partial charge in [0.2, 0.25) is 0 Å². The van der Waals surface area contributed by atoms with Crippen LogP contribution in [0.3, 0.4) is 0 Å². The predicted molar refractivity (Wildman–Crippen MR) is 81.1 cm³/mol. The smallest absolute Gasteiger partial charge is 0.318 e. The molecular formula is C13H16BrN3OS. The first kappa shape index (κ1) is 14.4. The maximum atomic E-state index is 11.7. The van der Waals surface area contributed by atoms with E-state index < -0.39 is 0 Å². The lowest BCUT2D eigenvalue weighted by molar-refractivity contribution is 0.136. The molecule has 0 bridgehead atoms. The van der Waals surface area contributed by atoms with E-state index in [1.165, 1.54) is 4.88 Å². The van der Waals surface area contributed by atoms with E-state index in [-0.39, 0.29) is 6.03 Å². The van der Waals surface area contributed by atoms with Gasteiger partial charge in [-0.05, 0) is 28.1 Å². The standard InChI is InChI=1S/C13H16BrN3OS/c1-2-5-15-13(18)17-8-6-16(7-9-17)10-11-3-4-12(14)19-11/h1,3-4H,5-10H2,(H,15,18). The summed E-state index contributed by atoms with van der Waals surface area (Å²) in [5.41, 5.74) is 0. The maximum Gasteiger partial charge on any atom is 0.318 e. The minimum atomic E-state index is -0.0588. The first-order valence-corrected chi connectivity index (χ1v) is 7.73. The van der Waals surface area contributed by atoms with Crippen molar-refractivity contribution in [2.24, 2.45) is 0 Å². The number of hydrogen-bond acceptors (Lipinski definition) is 3. The van der Waals surface area contributed by atoms with Gasteiger partial charge in [0.05, 0.1) is 10.3 Å². The number of terminal acetylenes is 1. The topological polar surface area (TPSA) is 35.6 Å². The molecule has 1 fully saturated rings. The number of halogens is 1. The summed E-state index contributed by atoms with van der Waals surface area (Å²) >= 11 is 5.23. The van der Waals surface area contributed by atoms with Gasteiger partial charge in [-0.1, -0.05) is 5.92 Å². The van der Waals surface area contributed by atoms with E-state index in [1.54, 1.807) is 11.3 Å². The van der Waals surface area contributed by atoms with Crippen LogP contribution < -0.4 is 5.32 Å². The van der Waals surface area contributed by atoms with Crippen LogP contribution in [0.4, 0.5) is 4.79 Å². The Morgan fingerprint density at radius 1 is 1.42 bits per heavy atom. The fourth-order valence-corrected chi connectivity index (χ4v) is 3.53. The molecule has 0 aliphatic carbocycles. The van der Waals surface area contributed by atoms with E-state index in [9.17, 15) is 4.79 Å². The highest BCUT2D eigenvalue weighted by Crippen LogP contribution is 2.23. The molecule has 0 spiro atoms. The summed E-state index contributed by atoms with van der Waals surface area (Å²) in [5.74, 6) is 2.41. The third-order valence-electron chi connectivity index (χ3n) is 3.01. The Bertz CT molecular complexity index is 474. The Morgan fingerprint density at radius 3 is 2.74 bits per heavy atom. The van der Waals surface area contributed by atoms with Gasteiger partial charge in [-0.15, -0.1) is 17.8 Å². The lowest BCUT2D eigenvalue weighted by atomic mass is 10.3. The lowest BCUT2D eigenvalue weighted by Crippen LogP contribution is -2.51. The van der Waals surface area contributed by atoms with Crippen LogP contribution >= 0.6 is 27.3 Å². The summed E-state index contributed by atoms with van der Waals surface area (Å²) in [5, 5.41) is 2.70. The van der Waals surface area contributed by atoms with Crippen LogP contribution in [-0.2, 0) is 6.54 Å². The van der Waals surface area contributed by atoms with Gasteiger partial charge in [0.1, 0.15) is 0 Å². The molecule has 1 N–H and O–H groups in total. The van der Waals surface area contributed by atoms with Crippen LogP contribution in [0.1, 0.15) is 4.88 Å². The average molecular weight is 342 g/mol. The molecule has 1 aliphatic heterocycles. The number of nitrogens with one attached hydrogen (secondary N) is 1. The molecule has 102 valence electrons. The molecule has 0 aromatic carbocycles. The van der Waals surface area contributed by atoms with Crippen molar-refractivity contribution in [2.75, 3.05) is 32.7 Å². The Balaban J connectivity index is 1.76. The van der Waals surface area contributed by atoms with E-state index in [4.69, 9.17) is 6.42 Å². The van der Waals surface area contributed by atoms with Crippen molar-refractivity contribution < 1.29 is 4.79 Å². The number of nitrogens with zero attached hydrogens (tertiary/aromatic N) is 2. The molecule has 6 heteroatoms. The summed E-state index contributed by atoms with van der Waals surface area (Å²) in [7, 11) is 0. The average Bonchev–Trinajstić information content (AvgIpc) is 2.82. The van der Waals surface area contributed by atoms with Crippen molar-refractivity contribution in [2.45, 2.75) is 6.54 Å². The van der Waals surface area contributed by atoms with E-state index in [0.717, 1.165) is 36.5 Å². The molecule has 1 saturated heterocycles. The van der Waals surface area contributed by atoms with E-state index in [1.807, 2.05) is 4.90 Å². The summed E-state index contributed by atoms with van der Waals surface area (Å²) in [6.45, 7) is 4.56. The monoisotopic (exact) mass is 341 g/mol. The Labute approximate surface area is 125 Å². The molecule has 1 aliphatic rings. The van der Waals surface area contributed by atoms with Gasteiger partial charge in [0, 0.05) is 37.6 Å². The van der Waals surface area contributed by atoms with Crippen LogP contribution in [0.25, 0.3) is 0 Å². The van der Waals surface area contributed by atoms with E-state index in [2.05, 4.69) is 44.2 Å². The van der Waals surface area contributed by atoms with Crippen LogP contribution in [0, 0.1) is 12.3 Å². The number of carbonyl (C=O) groups is 1. The zero-order valence-corrected chi connectivity index (χ0v) is 13.0. The summed E-state index contributed by atoms with van der Waals surface area (Å²) in [4.78, 5) is 17.2. The van der Waals surface area contributed by atoms with Gasteiger partial charge in [0.25, 0.3) is 0 Å². The zero-order chi connectivity index (χ0) is 13.7. The van der Waals surface area contributed by atoms with Gasteiger partial charge in [-0.2, -0.15) is 0 Å². The minimum absolute atomic E-state index is 0.0588. The first-order valence-electron chi connectivity index (χ1n) is 6.12. The second-order valence-corrected chi connectivity index (χ2v) is 6.88. The number of amides is 2. The predicted octanol–water partition coefficient (Wildman–Crippen LogP) is 1.97. The first-order chi connectivity index (χ1) is 9.19. The summed E-state index contributed by atoms with van der Waals surface area (Å²) < 4.78 is 1.16. The number of carbonyl (C=O) groups excluding carboxylic acids is 1. The third-order valence-corrected chi connectivity index (χ3v) is 4.62. The van der Waals surface area contributed by atoms with Gasteiger partial charge in [0.15, 0.2) is 0 Å². The molecule has 0 unspecified atom stereocenters. The normalized spacial score (nSPS) is 16.1. The van der Waals surface area contributed by atoms with E-state index >= 15 is 0 Å². The number of urea groups is 1. The molecule has 0 saturated carbocycles. The van der Waals surface area contributed by atoms with Gasteiger partial charge >= 0.3 is 6.03 Å². The molecule has 0 radical (unpaired) electrons. The van der Waals surface area contributed by atoms with Gasteiger partial charge in [-0.3, -0.25) is 4.90 Å². The van der Waals surface area contributed by atoms with Gasteiger partial charge < -0.3 is 10.2 Å². The van der Waals surface area contributed by atoms with Crippen molar-refractivity contribution in [1.82, 2.24) is 15.1 Å². The molecule has 2 amide bonds. The number of thiophene rings is 1. The molecular weight excluding hydrogens is 326 g/mol. The minimum Gasteiger partial charge on any atom is -0.327 e. The molecule has 0 atom stereocenters. The number of piperazine rings is 1. The van der Waals surface area contributed by atoms with Crippen molar-refractivity contribution in [3.63, 3.8) is 0 Å². The highest BCUT2D eigenvalue weighted by atomic mass is 79.9. The summed E-state index contributed by atoms with van der Waals surface area (Å²) in [6.07, 6.45) is 5.12. The fraction of sp³-hybridized carbons (Fsp3) is 0.462. The number of rotatable bonds is 3. The maximum absolute atomic E-state index is 11.7. The summed E-state index contributed by atoms with van der Waals surface area (Å²) in [6, 6.07) is 4.15. The lowest BCUT2D eigenvalue weighted by Gasteiger charge is -2.34. The van der Waals surface area contributed by atoms with Crippen molar-refractivity contribution in [3.05, 3.63) is 20.8 Å². The van der Waals surface area contributed by atoms with Crippen molar-refractivity contribution in [1.29, 1.82) is 0 Å². The molecule has 19 heavy (non-hydrogen) atoms. The molecule has 1 aromatic rings. The van der Waals surface area contributed by atoms with Crippen LogP contribution in [0.5, 0.6) is 0 Å². The van der Waals surface area contributed by atoms with Crippen LogP contribution in [0.2, 0.25) is 0 Å². The quantitative estimate of drug-likeness (QED) is 0.853. The second-order valence-electron chi connectivity index (χ2n) is 4.33. The van der Waals surface area contributed by atoms with E-state index in [0.29, 0.717) is 6.54 Å². The third kappa shape index (κ3) is 4.23. The molecule has 2 rings (SSSR count). The number of hydrogen-bond donors (Lipinski definition) is 1. The highest BCUT2D eigenvalue weighted by molar-refractivity contribution is 9.11. The SMILES string of the molecule is C#CCNC(=O)N1CCN(Cc2ccc(Br)s2)CC1. The van der Waals surface area contributed by atoms with Crippen LogP contribution in [0.15, 0.2) is 15.9 Å². The van der Waals surface area contributed by atoms with Crippen molar-refractivity contribution >= 4 is 33.3 Å². The molecule has 4 nitrogen and oxygen atoms in total. The Hall–Kier alpha value is -1.03. The zero-order valence-electron chi connectivity index (χ0n) is 10.6. The van der Waals surface area contributed by atoms with Crippen LogP contribution in [-0.4, -0.2) is 48.6 Å². The Morgan fingerprint density at radius 2 is 2.16 bits per heavy atom. The second kappa shape index (κ2) is 6.94. The van der Waals surface area contributed by atoms with Gasteiger partial charge in [-0.25, -0.2) is 4.79 Å². The Kier molecular flexibility index (Phi) is 5.25. The molecule has 1 aromatic heterocycles. The molecule has 2 heterocycles. The van der Waals surface area contributed by atoms with Crippen molar-refractivity contribution in [3.8, 4) is 12.3 Å².